The molecule has 0 aliphatic carbocycles. The topological polar surface area (TPSA) is 46.3 Å². The first-order valence-corrected chi connectivity index (χ1v) is 4.77. The molecule has 74 valence electrons. The molecule has 3 nitrogen and oxygen atoms in total. The van der Waals surface area contributed by atoms with E-state index >= 15 is 0 Å². The fraction of sp³-hybridized carbons (Fsp3) is 0.364. The Kier molecular flexibility index (Phi) is 2.50. The number of rotatable bonds is 3. The summed E-state index contributed by atoms with van der Waals surface area (Å²) in [6.45, 7) is 2.14. The van der Waals surface area contributed by atoms with E-state index in [9.17, 15) is 0 Å². The molecule has 0 saturated carbocycles. The van der Waals surface area contributed by atoms with E-state index in [4.69, 9.17) is 9.63 Å². The van der Waals surface area contributed by atoms with E-state index in [1.54, 1.807) is 0 Å². The number of nitrogens with zero attached hydrogens (tertiary/aromatic N) is 1. The maximum atomic E-state index is 8.76. The lowest BCUT2D eigenvalue weighted by Gasteiger charge is -1.98. The third-order valence-electron chi connectivity index (χ3n) is 2.36. The number of para-hydroxylation sites is 1. The number of aliphatic hydroxyl groups excluding tert-OH is 1. The number of fused-ring (bicyclic) bond motifs is 1. The van der Waals surface area contributed by atoms with Crippen LogP contribution in [-0.2, 0) is 6.42 Å². The Morgan fingerprint density at radius 2 is 2.29 bits per heavy atom. The van der Waals surface area contributed by atoms with Crippen LogP contribution in [0.5, 0.6) is 0 Å². The van der Waals surface area contributed by atoms with E-state index in [0.717, 1.165) is 35.1 Å². The van der Waals surface area contributed by atoms with Crippen LogP contribution in [0.3, 0.4) is 0 Å². The number of hydrogen-bond donors (Lipinski definition) is 1. The van der Waals surface area contributed by atoms with Crippen molar-refractivity contribution in [3.8, 4) is 0 Å². The van der Waals surface area contributed by atoms with Gasteiger partial charge in [0, 0.05) is 12.0 Å². The summed E-state index contributed by atoms with van der Waals surface area (Å²) >= 11 is 0. The summed E-state index contributed by atoms with van der Waals surface area (Å²) in [5.74, 6) is 0. The van der Waals surface area contributed by atoms with Gasteiger partial charge in [0.05, 0.1) is 5.69 Å². The third kappa shape index (κ3) is 1.51. The average Bonchev–Trinajstić information content (AvgIpc) is 2.58. The highest BCUT2D eigenvalue weighted by molar-refractivity contribution is 5.82. The first kappa shape index (κ1) is 9.21. The summed E-state index contributed by atoms with van der Waals surface area (Å²) in [5, 5.41) is 13.8. The number of aryl methyl sites for hydroxylation is 2. The Bertz CT molecular complexity index is 434. The van der Waals surface area contributed by atoms with Crippen molar-refractivity contribution in [1.82, 2.24) is 5.16 Å². The molecule has 0 bridgehead atoms. The molecule has 2 rings (SSSR count). The highest BCUT2D eigenvalue weighted by atomic mass is 16.5. The zero-order valence-electron chi connectivity index (χ0n) is 8.16. The first-order chi connectivity index (χ1) is 6.83. The minimum Gasteiger partial charge on any atom is -0.396 e. The van der Waals surface area contributed by atoms with Gasteiger partial charge in [-0.05, 0) is 31.4 Å². The Morgan fingerprint density at radius 1 is 1.43 bits per heavy atom. The standard InChI is InChI=1S/C11H13NO2/c1-8-10-6-2-4-9(5-3-7-13)11(10)14-12-8/h2,4,6,13H,3,5,7H2,1H3. The Balaban J connectivity index is 2.44. The second-order valence-corrected chi connectivity index (χ2v) is 3.39. The Labute approximate surface area is 82.3 Å². The zero-order chi connectivity index (χ0) is 9.97. The predicted octanol–water partition coefficient (Wildman–Crippen LogP) is 2.06. The van der Waals surface area contributed by atoms with Crippen molar-refractivity contribution in [3.63, 3.8) is 0 Å². The van der Waals surface area contributed by atoms with Crippen LogP contribution in [-0.4, -0.2) is 16.9 Å². The van der Waals surface area contributed by atoms with Gasteiger partial charge in [0.25, 0.3) is 0 Å². The molecule has 0 saturated heterocycles. The van der Waals surface area contributed by atoms with Gasteiger partial charge in [-0.3, -0.25) is 0 Å². The smallest absolute Gasteiger partial charge is 0.170 e. The lowest BCUT2D eigenvalue weighted by molar-refractivity contribution is 0.288. The molecule has 0 aliphatic heterocycles. The van der Waals surface area contributed by atoms with Gasteiger partial charge in [-0.25, -0.2) is 0 Å². The third-order valence-corrected chi connectivity index (χ3v) is 2.36. The van der Waals surface area contributed by atoms with Crippen LogP contribution in [0.25, 0.3) is 11.0 Å². The minimum atomic E-state index is 0.212. The van der Waals surface area contributed by atoms with E-state index in [-0.39, 0.29) is 6.61 Å². The van der Waals surface area contributed by atoms with Gasteiger partial charge in [-0.2, -0.15) is 0 Å². The van der Waals surface area contributed by atoms with Crippen LogP contribution in [0.2, 0.25) is 0 Å². The SMILES string of the molecule is Cc1noc2c(CCCO)cccc12. The first-order valence-electron chi connectivity index (χ1n) is 4.77. The fourth-order valence-electron chi connectivity index (χ4n) is 1.61. The second-order valence-electron chi connectivity index (χ2n) is 3.39. The average molecular weight is 191 g/mol. The summed E-state index contributed by atoms with van der Waals surface area (Å²) in [5.41, 5.74) is 2.90. The van der Waals surface area contributed by atoms with Crippen molar-refractivity contribution in [3.05, 3.63) is 29.5 Å². The predicted molar refractivity (Wildman–Crippen MR) is 54.2 cm³/mol. The summed E-state index contributed by atoms with van der Waals surface area (Å²) in [7, 11) is 0. The van der Waals surface area contributed by atoms with E-state index in [1.165, 1.54) is 0 Å². The molecule has 0 radical (unpaired) electrons. The molecule has 1 aromatic carbocycles. The van der Waals surface area contributed by atoms with Gasteiger partial charge in [-0.1, -0.05) is 17.3 Å². The van der Waals surface area contributed by atoms with Gasteiger partial charge in [0.2, 0.25) is 0 Å². The van der Waals surface area contributed by atoms with Gasteiger partial charge in [-0.15, -0.1) is 0 Å². The largest absolute Gasteiger partial charge is 0.396 e. The lowest BCUT2D eigenvalue weighted by atomic mass is 10.1. The molecule has 0 aliphatic rings. The molecule has 1 aromatic heterocycles. The molecular formula is C11H13NO2. The quantitative estimate of drug-likeness (QED) is 0.807. The number of benzene rings is 1. The van der Waals surface area contributed by atoms with Crippen LogP contribution in [0.1, 0.15) is 17.7 Å². The van der Waals surface area contributed by atoms with Crippen molar-refractivity contribution < 1.29 is 9.63 Å². The summed E-state index contributed by atoms with van der Waals surface area (Å²) in [6, 6.07) is 6.02. The van der Waals surface area contributed by atoms with Crippen molar-refractivity contribution in [2.75, 3.05) is 6.61 Å². The van der Waals surface area contributed by atoms with Crippen LogP contribution >= 0.6 is 0 Å². The summed E-state index contributed by atoms with van der Waals surface area (Å²) in [4.78, 5) is 0. The lowest BCUT2D eigenvalue weighted by Crippen LogP contribution is -1.89. The minimum absolute atomic E-state index is 0.212. The fourth-order valence-corrected chi connectivity index (χ4v) is 1.61. The maximum absolute atomic E-state index is 8.76. The number of hydrogen-bond acceptors (Lipinski definition) is 3. The molecular weight excluding hydrogens is 178 g/mol. The molecule has 0 amide bonds. The monoisotopic (exact) mass is 191 g/mol. The van der Waals surface area contributed by atoms with Crippen molar-refractivity contribution in [2.45, 2.75) is 19.8 Å². The molecule has 0 unspecified atom stereocenters. The van der Waals surface area contributed by atoms with Gasteiger partial charge >= 0.3 is 0 Å². The Hall–Kier alpha value is -1.35. The van der Waals surface area contributed by atoms with Crippen LogP contribution < -0.4 is 0 Å². The van der Waals surface area contributed by atoms with Gasteiger partial charge < -0.3 is 9.63 Å². The number of aromatic nitrogens is 1. The molecule has 0 spiro atoms. The van der Waals surface area contributed by atoms with Crippen molar-refractivity contribution in [2.24, 2.45) is 0 Å². The second kappa shape index (κ2) is 3.80. The molecule has 0 atom stereocenters. The normalized spacial score (nSPS) is 11.0. The van der Waals surface area contributed by atoms with Crippen LogP contribution in [0, 0.1) is 6.92 Å². The van der Waals surface area contributed by atoms with Gasteiger partial charge in [0.15, 0.2) is 5.58 Å². The molecule has 1 N–H and O–H groups in total. The molecule has 2 aromatic rings. The van der Waals surface area contributed by atoms with Crippen LogP contribution in [0.4, 0.5) is 0 Å². The summed E-state index contributed by atoms with van der Waals surface area (Å²) < 4.78 is 5.25. The van der Waals surface area contributed by atoms with Crippen molar-refractivity contribution >= 4 is 11.0 Å². The van der Waals surface area contributed by atoms with E-state index in [1.807, 2.05) is 25.1 Å². The van der Waals surface area contributed by atoms with E-state index in [0.29, 0.717) is 0 Å². The van der Waals surface area contributed by atoms with Crippen molar-refractivity contribution in [1.29, 1.82) is 0 Å². The van der Waals surface area contributed by atoms with Crippen LogP contribution in [0.15, 0.2) is 22.7 Å². The van der Waals surface area contributed by atoms with Gasteiger partial charge in [0.1, 0.15) is 0 Å². The highest BCUT2D eigenvalue weighted by Gasteiger charge is 2.07. The molecule has 14 heavy (non-hydrogen) atoms. The highest BCUT2D eigenvalue weighted by Crippen LogP contribution is 2.22. The summed E-state index contributed by atoms with van der Waals surface area (Å²) in [6.07, 6.45) is 1.60. The Morgan fingerprint density at radius 3 is 3.07 bits per heavy atom. The number of aliphatic hydroxyl groups is 1. The maximum Gasteiger partial charge on any atom is 0.170 e. The molecule has 0 fully saturated rings. The zero-order valence-corrected chi connectivity index (χ0v) is 8.16. The van der Waals surface area contributed by atoms with E-state index < -0.39 is 0 Å². The molecule has 1 heterocycles. The van der Waals surface area contributed by atoms with E-state index in [2.05, 4.69) is 5.16 Å². The molecule has 3 heteroatoms.